The molecule has 1 aromatic rings. The molecule has 0 saturated carbocycles. The molecule has 1 aromatic heterocycles. The first-order chi connectivity index (χ1) is 9.70. The standard InChI is InChI=1S/C15H21N3O2/c1-11-9-17-8-6-15(11)5-4-13(20-15)14(19)18-12-3-2-7-16-10-12/h2-3,7,10-11,13,17H,4-6,8-9H2,1H3,(H,18,19). The topological polar surface area (TPSA) is 63.2 Å². The van der Waals surface area contributed by atoms with Gasteiger partial charge < -0.3 is 15.4 Å². The fourth-order valence-corrected chi connectivity index (χ4v) is 3.22. The van der Waals surface area contributed by atoms with E-state index in [2.05, 4.69) is 22.5 Å². The van der Waals surface area contributed by atoms with Gasteiger partial charge in [-0.05, 0) is 43.9 Å². The summed E-state index contributed by atoms with van der Waals surface area (Å²) in [6, 6.07) is 3.64. The first-order valence-electron chi connectivity index (χ1n) is 7.29. The second kappa shape index (κ2) is 5.50. The van der Waals surface area contributed by atoms with Crippen molar-refractivity contribution in [2.24, 2.45) is 5.92 Å². The van der Waals surface area contributed by atoms with Crippen LogP contribution in [0.2, 0.25) is 0 Å². The van der Waals surface area contributed by atoms with Crippen LogP contribution in [0.5, 0.6) is 0 Å². The highest BCUT2D eigenvalue weighted by molar-refractivity contribution is 5.94. The van der Waals surface area contributed by atoms with Gasteiger partial charge in [0.15, 0.2) is 0 Å². The molecule has 20 heavy (non-hydrogen) atoms. The normalized spacial score (nSPS) is 33.2. The Kier molecular flexibility index (Phi) is 3.72. The van der Waals surface area contributed by atoms with Gasteiger partial charge in [-0.3, -0.25) is 9.78 Å². The zero-order chi connectivity index (χ0) is 14.0. The second-order valence-electron chi connectivity index (χ2n) is 5.80. The van der Waals surface area contributed by atoms with Gasteiger partial charge in [-0.25, -0.2) is 0 Å². The van der Waals surface area contributed by atoms with Crippen LogP contribution in [0.4, 0.5) is 5.69 Å². The molecule has 1 spiro atoms. The molecule has 0 bridgehead atoms. The Balaban J connectivity index is 1.63. The number of hydrogen-bond acceptors (Lipinski definition) is 4. The fraction of sp³-hybridized carbons (Fsp3) is 0.600. The van der Waals surface area contributed by atoms with Gasteiger partial charge in [0.1, 0.15) is 6.10 Å². The van der Waals surface area contributed by atoms with E-state index >= 15 is 0 Å². The number of rotatable bonds is 2. The number of amides is 1. The Morgan fingerprint density at radius 3 is 3.20 bits per heavy atom. The summed E-state index contributed by atoms with van der Waals surface area (Å²) < 4.78 is 6.16. The van der Waals surface area contributed by atoms with Gasteiger partial charge in [0.05, 0.1) is 17.5 Å². The second-order valence-corrected chi connectivity index (χ2v) is 5.80. The number of nitrogens with one attached hydrogen (secondary N) is 2. The van der Waals surface area contributed by atoms with Crippen molar-refractivity contribution in [3.8, 4) is 0 Å². The van der Waals surface area contributed by atoms with Crippen LogP contribution in [0, 0.1) is 5.92 Å². The molecule has 5 heteroatoms. The summed E-state index contributed by atoms with van der Waals surface area (Å²) in [5, 5.41) is 6.26. The molecule has 1 amide bonds. The monoisotopic (exact) mass is 275 g/mol. The van der Waals surface area contributed by atoms with Crippen molar-refractivity contribution < 1.29 is 9.53 Å². The lowest BCUT2D eigenvalue weighted by Crippen LogP contribution is -2.49. The molecule has 2 aliphatic rings. The van der Waals surface area contributed by atoms with Gasteiger partial charge in [0.25, 0.3) is 5.91 Å². The summed E-state index contributed by atoms with van der Waals surface area (Å²) in [5.41, 5.74) is 0.614. The molecular formula is C15H21N3O2. The van der Waals surface area contributed by atoms with Crippen molar-refractivity contribution in [1.82, 2.24) is 10.3 Å². The quantitative estimate of drug-likeness (QED) is 0.860. The van der Waals surface area contributed by atoms with Crippen LogP contribution in [0.25, 0.3) is 0 Å². The van der Waals surface area contributed by atoms with Crippen LogP contribution in [0.15, 0.2) is 24.5 Å². The Labute approximate surface area is 119 Å². The van der Waals surface area contributed by atoms with Crippen molar-refractivity contribution in [2.45, 2.75) is 37.9 Å². The van der Waals surface area contributed by atoms with Crippen LogP contribution < -0.4 is 10.6 Å². The van der Waals surface area contributed by atoms with E-state index in [1.165, 1.54) is 0 Å². The van der Waals surface area contributed by atoms with Crippen molar-refractivity contribution in [3.63, 3.8) is 0 Å². The lowest BCUT2D eigenvalue weighted by molar-refractivity contribution is -0.138. The van der Waals surface area contributed by atoms with Gasteiger partial charge in [-0.2, -0.15) is 0 Å². The molecule has 2 saturated heterocycles. The number of carbonyl (C=O) groups excluding carboxylic acids is 1. The van der Waals surface area contributed by atoms with Crippen LogP contribution in [-0.4, -0.2) is 35.7 Å². The van der Waals surface area contributed by atoms with E-state index in [9.17, 15) is 4.79 Å². The first-order valence-corrected chi connectivity index (χ1v) is 7.29. The van der Waals surface area contributed by atoms with Crippen molar-refractivity contribution in [2.75, 3.05) is 18.4 Å². The molecule has 108 valence electrons. The van der Waals surface area contributed by atoms with Crippen molar-refractivity contribution >= 4 is 11.6 Å². The average molecular weight is 275 g/mol. The maximum absolute atomic E-state index is 12.3. The third kappa shape index (κ3) is 2.55. The van der Waals surface area contributed by atoms with Crippen LogP contribution in [0.3, 0.4) is 0 Å². The minimum atomic E-state index is -0.337. The number of aromatic nitrogens is 1. The molecule has 2 N–H and O–H groups in total. The summed E-state index contributed by atoms with van der Waals surface area (Å²) >= 11 is 0. The first kappa shape index (κ1) is 13.5. The number of anilines is 1. The summed E-state index contributed by atoms with van der Waals surface area (Å²) in [5.74, 6) is 0.396. The highest BCUT2D eigenvalue weighted by Gasteiger charge is 2.47. The van der Waals surface area contributed by atoms with Crippen LogP contribution in [-0.2, 0) is 9.53 Å². The van der Waals surface area contributed by atoms with Gasteiger partial charge in [0.2, 0.25) is 0 Å². The smallest absolute Gasteiger partial charge is 0.253 e. The van der Waals surface area contributed by atoms with E-state index in [4.69, 9.17) is 4.74 Å². The molecule has 0 aliphatic carbocycles. The largest absolute Gasteiger partial charge is 0.362 e. The molecule has 3 rings (SSSR count). The minimum Gasteiger partial charge on any atom is -0.362 e. The Bertz CT molecular complexity index is 479. The predicted molar refractivity (Wildman–Crippen MR) is 76.4 cm³/mol. The number of carbonyl (C=O) groups is 1. The summed E-state index contributed by atoms with van der Waals surface area (Å²) in [6.07, 6.45) is 5.77. The summed E-state index contributed by atoms with van der Waals surface area (Å²) in [7, 11) is 0. The number of ether oxygens (including phenoxy) is 1. The molecular weight excluding hydrogens is 254 g/mol. The molecule has 5 nitrogen and oxygen atoms in total. The zero-order valence-corrected chi connectivity index (χ0v) is 11.8. The van der Waals surface area contributed by atoms with Gasteiger partial charge in [-0.1, -0.05) is 6.92 Å². The summed E-state index contributed by atoms with van der Waals surface area (Å²) in [6.45, 7) is 4.14. The molecule has 3 heterocycles. The van der Waals surface area contributed by atoms with Crippen LogP contribution in [0.1, 0.15) is 26.2 Å². The zero-order valence-electron chi connectivity index (χ0n) is 11.8. The maximum atomic E-state index is 12.3. The summed E-state index contributed by atoms with van der Waals surface area (Å²) in [4.78, 5) is 16.3. The number of pyridine rings is 1. The highest BCUT2D eigenvalue weighted by Crippen LogP contribution is 2.40. The molecule has 0 radical (unpaired) electrons. The van der Waals surface area contributed by atoms with Crippen molar-refractivity contribution in [3.05, 3.63) is 24.5 Å². The van der Waals surface area contributed by atoms with E-state index in [1.54, 1.807) is 12.4 Å². The lowest BCUT2D eigenvalue weighted by Gasteiger charge is -2.39. The van der Waals surface area contributed by atoms with Gasteiger partial charge >= 0.3 is 0 Å². The maximum Gasteiger partial charge on any atom is 0.253 e. The minimum absolute atomic E-state index is 0.0550. The molecule has 3 unspecified atom stereocenters. The molecule has 0 aromatic carbocycles. The van der Waals surface area contributed by atoms with E-state index in [1.807, 2.05) is 12.1 Å². The third-order valence-electron chi connectivity index (χ3n) is 4.50. The molecule has 2 aliphatic heterocycles. The van der Waals surface area contributed by atoms with E-state index < -0.39 is 0 Å². The fourth-order valence-electron chi connectivity index (χ4n) is 3.22. The highest BCUT2D eigenvalue weighted by atomic mass is 16.5. The van der Waals surface area contributed by atoms with E-state index in [-0.39, 0.29) is 17.6 Å². The van der Waals surface area contributed by atoms with Crippen LogP contribution >= 0.6 is 0 Å². The van der Waals surface area contributed by atoms with E-state index in [0.29, 0.717) is 5.92 Å². The van der Waals surface area contributed by atoms with E-state index in [0.717, 1.165) is 38.0 Å². The Morgan fingerprint density at radius 1 is 1.55 bits per heavy atom. The third-order valence-corrected chi connectivity index (χ3v) is 4.50. The predicted octanol–water partition coefficient (Wildman–Crippen LogP) is 1.57. The van der Waals surface area contributed by atoms with Crippen molar-refractivity contribution in [1.29, 1.82) is 0 Å². The molecule has 3 atom stereocenters. The Morgan fingerprint density at radius 2 is 2.45 bits per heavy atom. The molecule has 2 fully saturated rings. The average Bonchev–Trinajstić information content (AvgIpc) is 2.89. The number of nitrogens with zero attached hydrogens (tertiary/aromatic N) is 1. The Hall–Kier alpha value is -1.46. The SMILES string of the molecule is CC1CNCCC12CCC(C(=O)Nc1cccnc1)O2. The number of piperidine rings is 1. The number of hydrogen-bond donors (Lipinski definition) is 2. The lowest BCUT2D eigenvalue weighted by atomic mass is 9.81. The van der Waals surface area contributed by atoms with Gasteiger partial charge in [-0.15, -0.1) is 0 Å². The van der Waals surface area contributed by atoms with Gasteiger partial charge in [0, 0.05) is 12.7 Å².